The molecule has 3 N–H and O–H groups in total. The van der Waals surface area contributed by atoms with Crippen molar-refractivity contribution >= 4 is 18.6 Å². The van der Waals surface area contributed by atoms with Crippen LogP contribution in [-0.2, 0) is 4.79 Å². The quantitative estimate of drug-likeness (QED) is 0.455. The summed E-state index contributed by atoms with van der Waals surface area (Å²) in [5, 5.41) is 8.01. The summed E-state index contributed by atoms with van der Waals surface area (Å²) in [6, 6.07) is -0.816. The van der Waals surface area contributed by atoms with Crippen molar-refractivity contribution in [1.82, 2.24) is 0 Å². The van der Waals surface area contributed by atoms with Crippen LogP contribution in [0.25, 0.3) is 0 Å². The van der Waals surface area contributed by atoms with Crippen molar-refractivity contribution in [2.24, 2.45) is 5.73 Å². The van der Waals surface area contributed by atoms with Crippen molar-refractivity contribution in [3.05, 3.63) is 11.6 Å². The normalized spacial score (nSPS) is 10.8. The summed E-state index contributed by atoms with van der Waals surface area (Å²) >= 11 is 3.65. The van der Waals surface area contributed by atoms with Gasteiger partial charge in [0, 0.05) is 5.75 Å². The molecular weight excluding hydrogens is 174 g/mol. The minimum Gasteiger partial charge on any atom is -0.480 e. The lowest BCUT2D eigenvalue weighted by Crippen LogP contribution is -2.31. The van der Waals surface area contributed by atoms with Crippen LogP contribution < -0.4 is 5.73 Å². The lowest BCUT2D eigenvalue weighted by atomic mass is 10.3. The van der Waals surface area contributed by atoms with Crippen molar-refractivity contribution < 1.29 is 9.90 Å². The zero-order valence-electron chi connectivity index (χ0n) is 7.74. The summed E-state index contributed by atoms with van der Waals surface area (Å²) in [6.45, 7) is 6.20. The molecule has 0 aliphatic heterocycles. The Balaban J connectivity index is 0. The van der Waals surface area contributed by atoms with Gasteiger partial charge in [0.05, 0.1) is 0 Å². The van der Waals surface area contributed by atoms with E-state index in [1.165, 1.54) is 5.57 Å². The van der Waals surface area contributed by atoms with Gasteiger partial charge in [-0.3, -0.25) is 4.79 Å². The number of hydrogen-bond acceptors (Lipinski definition) is 3. The molecule has 0 amide bonds. The van der Waals surface area contributed by atoms with Crippen LogP contribution in [0.15, 0.2) is 11.6 Å². The third-order valence-electron chi connectivity index (χ3n) is 1.09. The zero-order chi connectivity index (χ0) is 10.1. The Morgan fingerprint density at radius 2 is 2.00 bits per heavy atom. The van der Waals surface area contributed by atoms with E-state index in [9.17, 15) is 4.79 Å². The summed E-state index contributed by atoms with van der Waals surface area (Å²) in [6.07, 6.45) is 2.08. The Kier molecular flexibility index (Phi) is 10.1. The fourth-order valence-corrected chi connectivity index (χ4v) is 0.234. The van der Waals surface area contributed by atoms with E-state index >= 15 is 0 Å². The molecule has 0 radical (unpaired) electrons. The van der Waals surface area contributed by atoms with Gasteiger partial charge in [0.2, 0.25) is 0 Å². The third kappa shape index (κ3) is 12.2. The van der Waals surface area contributed by atoms with Crippen molar-refractivity contribution in [2.75, 3.05) is 5.75 Å². The van der Waals surface area contributed by atoms with Crippen LogP contribution in [0.2, 0.25) is 0 Å². The minimum absolute atomic E-state index is 0.190. The first-order chi connectivity index (χ1) is 5.45. The van der Waals surface area contributed by atoms with Crippen LogP contribution in [0.1, 0.15) is 20.8 Å². The Morgan fingerprint density at radius 1 is 1.67 bits per heavy atom. The van der Waals surface area contributed by atoms with Gasteiger partial charge in [-0.2, -0.15) is 12.6 Å². The van der Waals surface area contributed by atoms with Gasteiger partial charge in [-0.25, -0.2) is 0 Å². The van der Waals surface area contributed by atoms with E-state index in [1.54, 1.807) is 0 Å². The van der Waals surface area contributed by atoms with Gasteiger partial charge in [0.25, 0.3) is 0 Å². The van der Waals surface area contributed by atoms with E-state index in [2.05, 4.69) is 32.6 Å². The van der Waals surface area contributed by atoms with Crippen molar-refractivity contribution in [3.63, 3.8) is 0 Å². The van der Waals surface area contributed by atoms with E-state index in [0.717, 1.165) is 0 Å². The number of rotatable bonds is 2. The maximum absolute atomic E-state index is 9.76. The second-order valence-corrected chi connectivity index (χ2v) is 2.86. The molecule has 0 spiro atoms. The SMILES string of the molecule is CC=C(C)C.NC(CS)C(=O)O. The highest BCUT2D eigenvalue weighted by Gasteiger charge is 2.06. The first kappa shape index (κ1) is 14.1. The van der Waals surface area contributed by atoms with Crippen LogP contribution in [0, 0.1) is 0 Å². The molecular formula is C8H17NO2S. The van der Waals surface area contributed by atoms with E-state index < -0.39 is 12.0 Å². The molecule has 0 aliphatic carbocycles. The second-order valence-electron chi connectivity index (χ2n) is 2.49. The molecule has 3 nitrogen and oxygen atoms in total. The number of aliphatic carboxylic acids is 1. The maximum Gasteiger partial charge on any atom is 0.321 e. The van der Waals surface area contributed by atoms with E-state index in [4.69, 9.17) is 10.8 Å². The molecule has 1 atom stereocenters. The molecule has 0 saturated heterocycles. The number of carbonyl (C=O) groups is 1. The number of allylic oxidation sites excluding steroid dienone is 2. The van der Waals surface area contributed by atoms with Gasteiger partial charge in [-0.05, 0) is 20.8 Å². The standard InChI is InChI=1S/C5H10.C3H7NO2S/c1-4-5(2)3;4-2(1-7)3(5)6/h4H,1-3H3;2,7H,1,4H2,(H,5,6). The van der Waals surface area contributed by atoms with Crippen molar-refractivity contribution in [2.45, 2.75) is 26.8 Å². The summed E-state index contributed by atoms with van der Waals surface area (Å²) in [5.41, 5.74) is 6.32. The first-order valence-electron chi connectivity index (χ1n) is 3.64. The largest absolute Gasteiger partial charge is 0.480 e. The average molecular weight is 191 g/mol. The molecule has 0 aromatic carbocycles. The Hall–Kier alpha value is -0.480. The zero-order valence-corrected chi connectivity index (χ0v) is 8.64. The topological polar surface area (TPSA) is 63.3 Å². The van der Waals surface area contributed by atoms with Gasteiger partial charge in [-0.1, -0.05) is 11.6 Å². The smallest absolute Gasteiger partial charge is 0.321 e. The average Bonchev–Trinajstić information content (AvgIpc) is 2.04. The van der Waals surface area contributed by atoms with Gasteiger partial charge < -0.3 is 10.8 Å². The molecule has 0 fully saturated rings. The summed E-state index contributed by atoms with van der Waals surface area (Å²) in [5.74, 6) is -0.815. The van der Waals surface area contributed by atoms with Crippen molar-refractivity contribution in [3.8, 4) is 0 Å². The molecule has 4 heteroatoms. The maximum atomic E-state index is 9.76. The van der Waals surface area contributed by atoms with Crippen LogP contribution in [0.3, 0.4) is 0 Å². The number of carboxylic acid groups (broad SMARTS) is 1. The van der Waals surface area contributed by atoms with E-state index in [0.29, 0.717) is 0 Å². The predicted molar refractivity (Wildman–Crippen MR) is 54.6 cm³/mol. The van der Waals surface area contributed by atoms with Gasteiger partial charge in [-0.15, -0.1) is 0 Å². The van der Waals surface area contributed by atoms with Crippen molar-refractivity contribution in [1.29, 1.82) is 0 Å². The fourth-order valence-electron chi connectivity index (χ4n) is 0.0781. The second kappa shape index (κ2) is 8.62. The molecule has 0 aliphatic rings. The van der Waals surface area contributed by atoms with Crippen LogP contribution >= 0.6 is 12.6 Å². The highest BCUT2D eigenvalue weighted by atomic mass is 32.1. The van der Waals surface area contributed by atoms with Gasteiger partial charge in [0.15, 0.2) is 0 Å². The summed E-state index contributed by atoms with van der Waals surface area (Å²) in [7, 11) is 0. The number of nitrogens with two attached hydrogens (primary N) is 1. The molecule has 72 valence electrons. The Bertz CT molecular complexity index is 153. The number of hydrogen-bond donors (Lipinski definition) is 3. The van der Waals surface area contributed by atoms with Crippen LogP contribution in [0.4, 0.5) is 0 Å². The molecule has 1 unspecified atom stereocenters. The molecule has 12 heavy (non-hydrogen) atoms. The monoisotopic (exact) mass is 191 g/mol. The lowest BCUT2D eigenvalue weighted by Gasteiger charge is -1.96. The highest BCUT2D eigenvalue weighted by molar-refractivity contribution is 7.80. The molecule has 0 heterocycles. The summed E-state index contributed by atoms with van der Waals surface area (Å²) in [4.78, 5) is 9.76. The number of thiol groups is 1. The predicted octanol–water partition coefficient (Wildman–Crippen LogP) is 1.30. The molecule has 0 bridgehead atoms. The lowest BCUT2D eigenvalue weighted by molar-refractivity contribution is -0.137. The molecule has 0 aromatic heterocycles. The fraction of sp³-hybridized carbons (Fsp3) is 0.625. The highest BCUT2D eigenvalue weighted by Crippen LogP contribution is 1.82. The molecule has 0 rings (SSSR count). The van der Waals surface area contributed by atoms with Gasteiger partial charge in [0.1, 0.15) is 6.04 Å². The minimum atomic E-state index is -1.00. The first-order valence-corrected chi connectivity index (χ1v) is 4.27. The van der Waals surface area contributed by atoms with E-state index in [1.807, 2.05) is 6.92 Å². The number of carboxylic acids is 1. The Morgan fingerprint density at radius 3 is 2.00 bits per heavy atom. The Labute approximate surface area is 79.1 Å². The van der Waals surface area contributed by atoms with Crippen LogP contribution in [-0.4, -0.2) is 22.9 Å². The molecule has 0 saturated carbocycles. The van der Waals surface area contributed by atoms with Gasteiger partial charge >= 0.3 is 5.97 Å². The third-order valence-corrected chi connectivity index (χ3v) is 1.48. The molecule has 0 aromatic rings. The summed E-state index contributed by atoms with van der Waals surface area (Å²) < 4.78 is 0. The van der Waals surface area contributed by atoms with Crippen LogP contribution in [0.5, 0.6) is 0 Å². The van der Waals surface area contributed by atoms with E-state index in [-0.39, 0.29) is 5.75 Å².